The highest BCUT2D eigenvalue weighted by Gasteiger charge is 2.13. The number of nitrogens with one attached hydrogen (secondary N) is 1. The van der Waals surface area contributed by atoms with Gasteiger partial charge < -0.3 is 9.55 Å². The van der Waals surface area contributed by atoms with Gasteiger partial charge in [0.15, 0.2) is 5.78 Å². The van der Waals surface area contributed by atoms with Crippen LogP contribution in [0.25, 0.3) is 21.8 Å². The summed E-state index contributed by atoms with van der Waals surface area (Å²) >= 11 is 0. The van der Waals surface area contributed by atoms with Gasteiger partial charge in [-0.3, -0.25) is 9.59 Å². The highest BCUT2D eigenvalue weighted by molar-refractivity contribution is 6.07. The van der Waals surface area contributed by atoms with E-state index in [0.29, 0.717) is 17.7 Å². The molecule has 2 heterocycles. The fraction of sp³-hybridized carbons (Fsp3) is 0.100. The van der Waals surface area contributed by atoms with E-state index in [9.17, 15) is 9.59 Å². The molecule has 24 heavy (non-hydrogen) atoms. The molecule has 4 nitrogen and oxygen atoms in total. The first-order chi connectivity index (χ1) is 11.6. The van der Waals surface area contributed by atoms with Gasteiger partial charge in [-0.2, -0.15) is 0 Å². The zero-order valence-electron chi connectivity index (χ0n) is 13.2. The van der Waals surface area contributed by atoms with Crippen LogP contribution in [0.4, 0.5) is 0 Å². The van der Waals surface area contributed by atoms with Crippen LogP contribution in [0.15, 0.2) is 65.6 Å². The van der Waals surface area contributed by atoms with Crippen LogP contribution in [0.5, 0.6) is 0 Å². The molecule has 0 aliphatic rings. The molecule has 2 aromatic carbocycles. The molecule has 4 aromatic rings. The highest BCUT2D eigenvalue weighted by Crippen LogP contribution is 2.22. The monoisotopic (exact) mass is 316 g/mol. The van der Waals surface area contributed by atoms with Gasteiger partial charge in [-0.05, 0) is 30.5 Å². The average molecular weight is 316 g/mol. The van der Waals surface area contributed by atoms with Gasteiger partial charge >= 0.3 is 0 Å². The number of hydrogen-bond donors (Lipinski definition) is 1. The molecule has 0 spiro atoms. The van der Waals surface area contributed by atoms with Crippen molar-refractivity contribution in [3.8, 4) is 0 Å². The lowest BCUT2D eigenvalue weighted by molar-refractivity contribution is 0.101. The van der Waals surface area contributed by atoms with Crippen molar-refractivity contribution < 1.29 is 4.79 Å². The number of fused-ring (bicyclic) bond motifs is 2. The minimum Gasteiger partial charge on any atom is -0.342 e. The second-order valence-corrected chi connectivity index (χ2v) is 5.95. The molecule has 0 bridgehead atoms. The molecule has 0 aliphatic carbocycles. The first kappa shape index (κ1) is 14.5. The van der Waals surface area contributed by atoms with Crippen molar-refractivity contribution in [2.24, 2.45) is 0 Å². The number of para-hydroxylation sites is 2. The topological polar surface area (TPSA) is 54.9 Å². The van der Waals surface area contributed by atoms with Crippen molar-refractivity contribution in [2.45, 2.75) is 13.5 Å². The molecule has 0 saturated heterocycles. The Bertz CT molecular complexity index is 1140. The van der Waals surface area contributed by atoms with E-state index in [1.54, 1.807) is 6.92 Å². The standard InChI is InChI=1S/C20H16N2O2/c1-13(23)17-12-22(19-9-5-3-7-16(17)19)11-15-10-14-6-2-4-8-18(14)21-20(15)24/h2-10,12H,11H2,1H3,(H,21,24). The number of H-pyrrole nitrogens is 1. The third kappa shape index (κ3) is 2.33. The Hall–Kier alpha value is -3.14. The quantitative estimate of drug-likeness (QED) is 0.585. The lowest BCUT2D eigenvalue weighted by Gasteiger charge is -2.06. The number of aromatic amines is 1. The van der Waals surface area contributed by atoms with Crippen LogP contribution in [0, 0.1) is 0 Å². The molecule has 0 saturated carbocycles. The Kier molecular flexibility index (Phi) is 3.31. The number of carbonyl (C=O) groups excluding carboxylic acids is 1. The summed E-state index contributed by atoms with van der Waals surface area (Å²) in [4.78, 5) is 27.2. The zero-order chi connectivity index (χ0) is 16.7. The number of ketones is 1. The van der Waals surface area contributed by atoms with Crippen LogP contribution in [0.2, 0.25) is 0 Å². The number of Topliss-reactive ketones (excluding diaryl/α,β-unsaturated/α-hetero) is 1. The summed E-state index contributed by atoms with van der Waals surface area (Å²) in [6, 6.07) is 17.4. The van der Waals surface area contributed by atoms with Gasteiger partial charge in [0.25, 0.3) is 5.56 Å². The smallest absolute Gasteiger partial charge is 0.253 e. The zero-order valence-corrected chi connectivity index (χ0v) is 13.2. The van der Waals surface area contributed by atoms with Gasteiger partial charge in [0.05, 0.1) is 6.54 Å². The first-order valence-corrected chi connectivity index (χ1v) is 7.83. The summed E-state index contributed by atoms with van der Waals surface area (Å²) in [5.74, 6) is 0.0253. The van der Waals surface area contributed by atoms with Crippen molar-refractivity contribution in [1.82, 2.24) is 9.55 Å². The normalized spacial score (nSPS) is 11.2. The maximum Gasteiger partial charge on any atom is 0.253 e. The van der Waals surface area contributed by atoms with Crippen molar-refractivity contribution in [3.05, 3.63) is 82.3 Å². The Balaban J connectivity index is 1.87. The fourth-order valence-corrected chi connectivity index (χ4v) is 3.15. The molecule has 0 aliphatic heterocycles. The van der Waals surface area contributed by atoms with Crippen molar-refractivity contribution in [1.29, 1.82) is 0 Å². The summed E-state index contributed by atoms with van der Waals surface area (Å²) in [6.07, 6.45) is 1.83. The van der Waals surface area contributed by atoms with Crippen LogP contribution in [0.3, 0.4) is 0 Å². The van der Waals surface area contributed by atoms with E-state index in [1.807, 2.05) is 65.4 Å². The van der Waals surface area contributed by atoms with E-state index in [2.05, 4.69) is 4.98 Å². The molecule has 0 amide bonds. The lowest BCUT2D eigenvalue weighted by atomic mass is 10.1. The summed E-state index contributed by atoms with van der Waals surface area (Å²) in [5, 5.41) is 1.91. The number of benzene rings is 2. The molecular formula is C20H16N2O2. The maximum atomic E-state index is 12.4. The molecule has 0 fully saturated rings. The predicted molar refractivity (Wildman–Crippen MR) is 95.6 cm³/mol. The molecule has 0 unspecified atom stereocenters. The Morgan fingerprint density at radius 3 is 2.67 bits per heavy atom. The van der Waals surface area contributed by atoms with Gasteiger partial charge in [0.2, 0.25) is 0 Å². The van der Waals surface area contributed by atoms with Crippen molar-refractivity contribution in [3.63, 3.8) is 0 Å². The molecule has 1 N–H and O–H groups in total. The van der Waals surface area contributed by atoms with Crippen LogP contribution < -0.4 is 5.56 Å². The molecule has 2 aromatic heterocycles. The van der Waals surface area contributed by atoms with E-state index in [4.69, 9.17) is 0 Å². The van der Waals surface area contributed by atoms with Crippen molar-refractivity contribution >= 4 is 27.6 Å². The average Bonchev–Trinajstić information content (AvgIpc) is 2.95. The highest BCUT2D eigenvalue weighted by atomic mass is 16.1. The van der Waals surface area contributed by atoms with Gasteiger partial charge in [0, 0.05) is 33.7 Å². The minimum absolute atomic E-state index is 0.0253. The second-order valence-electron chi connectivity index (χ2n) is 5.95. The molecule has 0 radical (unpaired) electrons. The van der Waals surface area contributed by atoms with Gasteiger partial charge in [-0.25, -0.2) is 0 Å². The third-order valence-corrected chi connectivity index (χ3v) is 4.34. The van der Waals surface area contributed by atoms with E-state index < -0.39 is 0 Å². The van der Waals surface area contributed by atoms with Crippen LogP contribution in [-0.2, 0) is 6.54 Å². The van der Waals surface area contributed by atoms with E-state index in [0.717, 1.165) is 21.8 Å². The number of carbonyl (C=O) groups is 1. The molecule has 118 valence electrons. The molecule has 0 atom stereocenters. The Morgan fingerprint density at radius 1 is 1.08 bits per heavy atom. The van der Waals surface area contributed by atoms with Gasteiger partial charge in [-0.15, -0.1) is 0 Å². The minimum atomic E-state index is -0.101. The van der Waals surface area contributed by atoms with Crippen LogP contribution >= 0.6 is 0 Å². The van der Waals surface area contributed by atoms with Crippen LogP contribution in [-0.4, -0.2) is 15.3 Å². The summed E-state index contributed by atoms with van der Waals surface area (Å²) in [6.45, 7) is 1.99. The summed E-state index contributed by atoms with van der Waals surface area (Å²) < 4.78 is 1.96. The number of nitrogens with zero attached hydrogens (tertiary/aromatic N) is 1. The molecule has 4 rings (SSSR count). The third-order valence-electron chi connectivity index (χ3n) is 4.34. The number of rotatable bonds is 3. The van der Waals surface area contributed by atoms with Crippen LogP contribution in [0.1, 0.15) is 22.8 Å². The first-order valence-electron chi connectivity index (χ1n) is 7.83. The second kappa shape index (κ2) is 5.49. The van der Waals surface area contributed by atoms with Gasteiger partial charge in [-0.1, -0.05) is 36.4 Å². The molecular weight excluding hydrogens is 300 g/mol. The largest absolute Gasteiger partial charge is 0.342 e. The summed E-state index contributed by atoms with van der Waals surface area (Å²) in [5.41, 5.74) is 3.03. The Labute approximate surface area is 138 Å². The molecule has 4 heteroatoms. The van der Waals surface area contributed by atoms with E-state index in [-0.39, 0.29) is 11.3 Å². The lowest BCUT2D eigenvalue weighted by Crippen LogP contribution is -2.15. The van der Waals surface area contributed by atoms with Crippen molar-refractivity contribution in [2.75, 3.05) is 0 Å². The maximum absolute atomic E-state index is 12.4. The summed E-state index contributed by atoms with van der Waals surface area (Å²) in [7, 11) is 0. The number of hydrogen-bond acceptors (Lipinski definition) is 2. The van der Waals surface area contributed by atoms with E-state index >= 15 is 0 Å². The van der Waals surface area contributed by atoms with Gasteiger partial charge in [0.1, 0.15) is 0 Å². The predicted octanol–water partition coefficient (Wildman–Crippen LogP) is 3.73. The SMILES string of the molecule is CC(=O)c1cn(Cc2cc3ccccc3[nH]c2=O)c2ccccc12. The Morgan fingerprint density at radius 2 is 1.83 bits per heavy atom. The fourth-order valence-electron chi connectivity index (χ4n) is 3.15. The van der Waals surface area contributed by atoms with E-state index in [1.165, 1.54) is 0 Å². The number of aromatic nitrogens is 2. The number of pyridine rings is 1.